The Hall–Kier alpha value is -1.51. The first kappa shape index (κ1) is 14.9. The molecule has 1 fully saturated rings. The van der Waals surface area contributed by atoms with Gasteiger partial charge in [-0.25, -0.2) is 4.79 Å². The largest absolute Gasteiger partial charge is 0.467 e. The van der Waals surface area contributed by atoms with Gasteiger partial charge in [0.25, 0.3) is 0 Å². The van der Waals surface area contributed by atoms with Gasteiger partial charge in [-0.05, 0) is 50.2 Å². The van der Waals surface area contributed by atoms with Crippen LogP contribution >= 0.6 is 0 Å². The number of carbonyl (C=O) groups excluding carboxylic acids is 1. The number of hydrogen-bond donors (Lipinski definition) is 1. The van der Waals surface area contributed by atoms with E-state index in [1.807, 2.05) is 12.1 Å². The van der Waals surface area contributed by atoms with Crippen molar-refractivity contribution >= 4 is 11.7 Å². The van der Waals surface area contributed by atoms with Crippen molar-refractivity contribution < 1.29 is 9.53 Å². The van der Waals surface area contributed by atoms with Crippen molar-refractivity contribution in [3.8, 4) is 0 Å². The normalized spacial score (nSPS) is 29.8. The topological polar surface area (TPSA) is 38.3 Å². The second kappa shape index (κ2) is 5.86. The monoisotopic (exact) mass is 275 g/mol. The van der Waals surface area contributed by atoms with Crippen LogP contribution in [-0.2, 0) is 9.53 Å². The average molecular weight is 275 g/mol. The molecule has 1 aromatic rings. The van der Waals surface area contributed by atoms with E-state index in [9.17, 15) is 4.79 Å². The third-order valence-electron chi connectivity index (χ3n) is 4.60. The summed E-state index contributed by atoms with van der Waals surface area (Å²) in [5.74, 6) is 0.792. The Balaban J connectivity index is 2.28. The zero-order chi connectivity index (χ0) is 14.8. The van der Waals surface area contributed by atoms with E-state index in [2.05, 4.69) is 38.2 Å². The second-order valence-electron chi connectivity index (χ2n) is 6.23. The van der Waals surface area contributed by atoms with Gasteiger partial charge in [0, 0.05) is 5.69 Å². The lowest BCUT2D eigenvalue weighted by atomic mass is 9.69. The van der Waals surface area contributed by atoms with Gasteiger partial charge < -0.3 is 10.1 Å². The van der Waals surface area contributed by atoms with E-state index in [0.717, 1.165) is 24.9 Å². The molecule has 2 rings (SSSR count). The molecule has 20 heavy (non-hydrogen) atoms. The Morgan fingerprint density at radius 2 is 1.95 bits per heavy atom. The molecule has 0 aliphatic heterocycles. The van der Waals surface area contributed by atoms with Crippen molar-refractivity contribution in [3.63, 3.8) is 0 Å². The minimum Gasteiger partial charge on any atom is -0.467 e. The molecular weight excluding hydrogens is 250 g/mol. The standard InChI is InChI=1S/C17H25NO2/c1-12-5-7-15(8-6-12)18-17(16(19)20-4)10-9-13(2)11-14(17)3/h5-8,13-14,18H,9-11H2,1-4H3. The van der Waals surface area contributed by atoms with Crippen molar-refractivity contribution in [3.05, 3.63) is 29.8 Å². The van der Waals surface area contributed by atoms with E-state index >= 15 is 0 Å². The average Bonchev–Trinajstić information content (AvgIpc) is 2.43. The fraction of sp³-hybridized carbons (Fsp3) is 0.588. The molecule has 3 heteroatoms. The Bertz CT molecular complexity index is 468. The Labute approximate surface area is 121 Å². The first-order valence-corrected chi connectivity index (χ1v) is 7.41. The summed E-state index contributed by atoms with van der Waals surface area (Å²) in [5.41, 5.74) is 1.62. The lowest BCUT2D eigenvalue weighted by molar-refractivity contribution is -0.149. The highest BCUT2D eigenvalue weighted by Gasteiger charge is 2.47. The molecule has 3 unspecified atom stereocenters. The first-order chi connectivity index (χ1) is 9.48. The van der Waals surface area contributed by atoms with Gasteiger partial charge in [-0.3, -0.25) is 0 Å². The molecule has 0 bridgehead atoms. The van der Waals surface area contributed by atoms with Crippen LogP contribution in [0, 0.1) is 18.8 Å². The highest BCUT2D eigenvalue weighted by Crippen LogP contribution is 2.40. The van der Waals surface area contributed by atoms with Crippen LogP contribution in [0.2, 0.25) is 0 Å². The molecule has 0 heterocycles. The van der Waals surface area contributed by atoms with Gasteiger partial charge in [0.1, 0.15) is 5.54 Å². The molecular formula is C17H25NO2. The molecule has 0 radical (unpaired) electrons. The molecule has 0 saturated heterocycles. The maximum atomic E-state index is 12.4. The fourth-order valence-electron chi connectivity index (χ4n) is 3.26. The molecule has 3 atom stereocenters. The van der Waals surface area contributed by atoms with Gasteiger partial charge >= 0.3 is 5.97 Å². The van der Waals surface area contributed by atoms with Crippen LogP contribution in [0.4, 0.5) is 5.69 Å². The minimum atomic E-state index is -0.587. The lowest BCUT2D eigenvalue weighted by Crippen LogP contribution is -2.55. The van der Waals surface area contributed by atoms with Crippen molar-refractivity contribution in [2.75, 3.05) is 12.4 Å². The number of hydrogen-bond acceptors (Lipinski definition) is 3. The number of aryl methyl sites for hydroxylation is 1. The molecule has 1 saturated carbocycles. The first-order valence-electron chi connectivity index (χ1n) is 7.41. The summed E-state index contributed by atoms with van der Waals surface area (Å²) in [7, 11) is 1.48. The molecule has 1 aromatic carbocycles. The van der Waals surface area contributed by atoms with E-state index in [0.29, 0.717) is 5.92 Å². The van der Waals surface area contributed by atoms with Crippen LogP contribution in [0.5, 0.6) is 0 Å². The van der Waals surface area contributed by atoms with Crippen LogP contribution in [0.15, 0.2) is 24.3 Å². The summed E-state index contributed by atoms with van der Waals surface area (Å²) >= 11 is 0. The van der Waals surface area contributed by atoms with Crippen LogP contribution < -0.4 is 5.32 Å². The van der Waals surface area contributed by atoms with Gasteiger partial charge in [0.2, 0.25) is 0 Å². The van der Waals surface area contributed by atoms with E-state index in [1.165, 1.54) is 12.7 Å². The summed E-state index contributed by atoms with van der Waals surface area (Å²) in [6.07, 6.45) is 2.93. The van der Waals surface area contributed by atoms with E-state index in [-0.39, 0.29) is 11.9 Å². The molecule has 1 aliphatic carbocycles. The van der Waals surface area contributed by atoms with Crippen molar-refractivity contribution in [1.29, 1.82) is 0 Å². The smallest absolute Gasteiger partial charge is 0.331 e. The fourth-order valence-corrected chi connectivity index (χ4v) is 3.26. The second-order valence-corrected chi connectivity index (χ2v) is 6.23. The van der Waals surface area contributed by atoms with E-state index < -0.39 is 5.54 Å². The number of ether oxygens (including phenoxy) is 1. The lowest BCUT2D eigenvalue weighted by Gasteiger charge is -2.43. The van der Waals surface area contributed by atoms with Crippen LogP contribution in [0.3, 0.4) is 0 Å². The third-order valence-corrected chi connectivity index (χ3v) is 4.60. The molecule has 0 spiro atoms. The van der Waals surface area contributed by atoms with Crippen molar-refractivity contribution in [2.45, 2.75) is 45.6 Å². The number of benzene rings is 1. The Morgan fingerprint density at radius 1 is 1.30 bits per heavy atom. The quantitative estimate of drug-likeness (QED) is 0.853. The molecule has 0 amide bonds. The number of methoxy groups -OCH3 is 1. The SMILES string of the molecule is COC(=O)C1(Nc2ccc(C)cc2)CCC(C)CC1C. The summed E-state index contributed by atoms with van der Waals surface area (Å²) in [6, 6.07) is 8.18. The van der Waals surface area contributed by atoms with Crippen LogP contribution in [0.1, 0.15) is 38.7 Å². The van der Waals surface area contributed by atoms with E-state index in [4.69, 9.17) is 4.74 Å². The summed E-state index contributed by atoms with van der Waals surface area (Å²) in [6.45, 7) is 6.46. The number of anilines is 1. The Morgan fingerprint density at radius 3 is 2.50 bits per heavy atom. The van der Waals surface area contributed by atoms with Gasteiger partial charge in [0.05, 0.1) is 7.11 Å². The summed E-state index contributed by atoms with van der Waals surface area (Å²) in [5, 5.41) is 3.47. The van der Waals surface area contributed by atoms with Gasteiger partial charge in [0.15, 0.2) is 0 Å². The highest BCUT2D eigenvalue weighted by atomic mass is 16.5. The number of esters is 1. The number of rotatable bonds is 3. The van der Waals surface area contributed by atoms with Gasteiger partial charge in [-0.15, -0.1) is 0 Å². The summed E-state index contributed by atoms with van der Waals surface area (Å²) < 4.78 is 5.09. The van der Waals surface area contributed by atoms with E-state index in [1.54, 1.807) is 0 Å². The van der Waals surface area contributed by atoms with Crippen molar-refractivity contribution in [1.82, 2.24) is 0 Å². The van der Waals surface area contributed by atoms with Crippen LogP contribution in [0.25, 0.3) is 0 Å². The van der Waals surface area contributed by atoms with Crippen LogP contribution in [-0.4, -0.2) is 18.6 Å². The Kier molecular flexibility index (Phi) is 4.36. The zero-order valence-electron chi connectivity index (χ0n) is 12.9. The predicted octanol–water partition coefficient (Wildman–Crippen LogP) is 3.77. The highest BCUT2D eigenvalue weighted by molar-refractivity contribution is 5.85. The molecule has 1 N–H and O–H groups in total. The predicted molar refractivity (Wildman–Crippen MR) is 81.7 cm³/mol. The third kappa shape index (κ3) is 2.82. The maximum Gasteiger partial charge on any atom is 0.331 e. The molecule has 1 aliphatic rings. The summed E-state index contributed by atoms with van der Waals surface area (Å²) in [4.78, 5) is 12.4. The van der Waals surface area contributed by atoms with Gasteiger partial charge in [-0.2, -0.15) is 0 Å². The number of nitrogens with one attached hydrogen (secondary N) is 1. The van der Waals surface area contributed by atoms with Crippen molar-refractivity contribution in [2.24, 2.45) is 11.8 Å². The minimum absolute atomic E-state index is 0.141. The molecule has 0 aromatic heterocycles. The molecule has 110 valence electrons. The maximum absolute atomic E-state index is 12.4. The number of carbonyl (C=O) groups is 1. The molecule has 3 nitrogen and oxygen atoms in total. The zero-order valence-corrected chi connectivity index (χ0v) is 12.9. The van der Waals surface area contributed by atoms with Gasteiger partial charge in [-0.1, -0.05) is 31.5 Å².